The lowest BCUT2D eigenvalue weighted by Gasteiger charge is -2.23. The van der Waals surface area contributed by atoms with E-state index in [1.165, 1.54) is 0 Å². The van der Waals surface area contributed by atoms with Gasteiger partial charge in [-0.15, -0.1) is 0 Å². The number of anilines is 1. The zero-order valence-electron chi connectivity index (χ0n) is 14.7. The minimum atomic E-state index is -0.0632. The van der Waals surface area contributed by atoms with E-state index in [1.807, 2.05) is 44.2 Å². The molecule has 5 heteroatoms. The fourth-order valence-electron chi connectivity index (χ4n) is 3.34. The summed E-state index contributed by atoms with van der Waals surface area (Å²) in [5.74, 6) is 0.369. The average molecular weight is 337 g/mol. The number of hydrogen-bond donors (Lipinski definition) is 1. The number of nitrogens with one attached hydrogen (secondary N) is 1. The Labute approximate surface area is 147 Å². The summed E-state index contributed by atoms with van der Waals surface area (Å²) in [4.78, 5) is 33.3. The monoisotopic (exact) mass is 337 g/mol. The highest BCUT2D eigenvalue weighted by molar-refractivity contribution is 5.99. The first-order valence-corrected chi connectivity index (χ1v) is 8.87. The van der Waals surface area contributed by atoms with Crippen molar-refractivity contribution < 1.29 is 9.59 Å². The van der Waals surface area contributed by atoms with Gasteiger partial charge in [-0.05, 0) is 30.7 Å². The molecule has 5 nitrogen and oxygen atoms in total. The van der Waals surface area contributed by atoms with Crippen LogP contribution in [0.5, 0.6) is 0 Å². The van der Waals surface area contributed by atoms with Crippen molar-refractivity contribution in [1.29, 1.82) is 0 Å². The molecule has 0 saturated heterocycles. The lowest BCUT2D eigenvalue weighted by molar-refractivity contribution is -0.120. The number of fused-ring (bicyclic) bond motifs is 1. The Morgan fingerprint density at radius 3 is 2.60 bits per heavy atom. The molecule has 1 aliphatic carbocycles. The molecule has 1 atom stereocenters. The summed E-state index contributed by atoms with van der Waals surface area (Å²) in [7, 11) is 0. The van der Waals surface area contributed by atoms with E-state index >= 15 is 0 Å². The lowest BCUT2D eigenvalue weighted by Crippen LogP contribution is -2.25. The maximum atomic E-state index is 12.4. The Bertz CT molecular complexity index is 770. The number of carbonyl (C=O) groups excluding carboxylic acids is 2. The van der Waals surface area contributed by atoms with E-state index in [-0.39, 0.29) is 29.5 Å². The molecule has 1 aromatic carbocycles. The molecular weight excluding hydrogens is 314 g/mol. The highest BCUT2D eigenvalue weighted by atomic mass is 16.2. The van der Waals surface area contributed by atoms with Gasteiger partial charge in [0.1, 0.15) is 0 Å². The van der Waals surface area contributed by atoms with Crippen LogP contribution in [0.15, 0.2) is 36.5 Å². The first-order chi connectivity index (χ1) is 12.1. The summed E-state index contributed by atoms with van der Waals surface area (Å²) >= 11 is 0. The molecule has 3 rings (SSSR count). The number of amides is 1. The summed E-state index contributed by atoms with van der Waals surface area (Å²) in [6.07, 6.45) is 4.26. The number of rotatable bonds is 5. The molecule has 1 amide bonds. The molecule has 1 aliphatic rings. The average Bonchev–Trinajstić information content (AvgIpc) is 2.63. The maximum absolute atomic E-state index is 12.4. The molecule has 25 heavy (non-hydrogen) atoms. The quantitative estimate of drug-likeness (QED) is 0.901. The molecule has 130 valence electrons. The molecule has 0 radical (unpaired) electrons. The topological polar surface area (TPSA) is 72.0 Å². The van der Waals surface area contributed by atoms with E-state index in [0.29, 0.717) is 18.4 Å². The fraction of sp³-hybridized carbons (Fsp3) is 0.400. The number of benzene rings is 1. The minimum absolute atomic E-state index is 0.0432. The van der Waals surface area contributed by atoms with Crippen molar-refractivity contribution in [2.45, 2.75) is 45.4 Å². The Balaban J connectivity index is 1.82. The third-order valence-corrected chi connectivity index (χ3v) is 4.90. The van der Waals surface area contributed by atoms with E-state index in [2.05, 4.69) is 15.3 Å². The molecule has 0 bridgehead atoms. The van der Waals surface area contributed by atoms with Crippen LogP contribution in [0.4, 0.5) is 5.95 Å². The molecule has 1 aromatic heterocycles. The van der Waals surface area contributed by atoms with Crippen molar-refractivity contribution >= 4 is 17.6 Å². The molecule has 0 saturated carbocycles. The van der Waals surface area contributed by atoms with Gasteiger partial charge in [-0.2, -0.15) is 0 Å². The van der Waals surface area contributed by atoms with Crippen LogP contribution in [0.25, 0.3) is 0 Å². The molecule has 0 aliphatic heterocycles. The summed E-state index contributed by atoms with van der Waals surface area (Å²) < 4.78 is 0. The molecular formula is C20H23N3O2. The smallest absolute Gasteiger partial charge is 0.229 e. The Morgan fingerprint density at radius 1 is 1.20 bits per heavy atom. The Morgan fingerprint density at radius 2 is 1.92 bits per heavy atom. The van der Waals surface area contributed by atoms with Gasteiger partial charge in [-0.1, -0.05) is 44.2 Å². The Hall–Kier alpha value is -2.56. The number of carbonyl (C=O) groups is 2. The summed E-state index contributed by atoms with van der Waals surface area (Å²) in [5, 5.41) is 2.79. The minimum Gasteiger partial charge on any atom is -0.294 e. The second kappa shape index (κ2) is 7.55. The molecule has 1 heterocycles. The van der Waals surface area contributed by atoms with Gasteiger partial charge in [-0.3, -0.25) is 14.9 Å². The highest BCUT2D eigenvalue weighted by Gasteiger charge is 2.28. The van der Waals surface area contributed by atoms with Crippen LogP contribution < -0.4 is 5.32 Å². The first-order valence-electron chi connectivity index (χ1n) is 8.87. The number of aromatic nitrogens is 2. The van der Waals surface area contributed by atoms with E-state index in [1.54, 1.807) is 6.20 Å². The first kappa shape index (κ1) is 17.3. The van der Waals surface area contributed by atoms with Crippen LogP contribution in [0, 0.1) is 5.92 Å². The van der Waals surface area contributed by atoms with Crippen LogP contribution in [0.3, 0.4) is 0 Å². The van der Waals surface area contributed by atoms with Gasteiger partial charge in [0.15, 0.2) is 5.78 Å². The lowest BCUT2D eigenvalue weighted by atomic mass is 9.82. The zero-order valence-corrected chi connectivity index (χ0v) is 14.7. The van der Waals surface area contributed by atoms with Crippen molar-refractivity contribution in [3.05, 3.63) is 53.3 Å². The van der Waals surface area contributed by atoms with Gasteiger partial charge in [0.05, 0.1) is 11.3 Å². The van der Waals surface area contributed by atoms with Crippen LogP contribution in [0.2, 0.25) is 0 Å². The standard InChI is InChI=1S/C20H23N3O2/c1-3-13(4-2)19(25)23-20-21-12-16-17(22-20)10-15(11-18(16)24)14-8-6-5-7-9-14/h5-9,12-13,15H,3-4,10-11H2,1-2H3,(H,21,22,23,25)/t15-/m1/s1. The maximum Gasteiger partial charge on any atom is 0.229 e. The largest absolute Gasteiger partial charge is 0.294 e. The van der Waals surface area contributed by atoms with Crippen molar-refractivity contribution in [3.63, 3.8) is 0 Å². The number of Topliss-reactive ketones (excluding diaryl/α,β-unsaturated/α-hetero) is 1. The molecule has 0 spiro atoms. The molecule has 0 unspecified atom stereocenters. The Kier molecular flexibility index (Phi) is 5.22. The van der Waals surface area contributed by atoms with Gasteiger partial charge < -0.3 is 0 Å². The van der Waals surface area contributed by atoms with E-state index < -0.39 is 0 Å². The van der Waals surface area contributed by atoms with E-state index in [9.17, 15) is 9.59 Å². The van der Waals surface area contributed by atoms with Gasteiger partial charge >= 0.3 is 0 Å². The SMILES string of the molecule is CCC(CC)C(=O)Nc1ncc2c(n1)C[C@@H](c1ccccc1)CC2=O. The second-order valence-electron chi connectivity index (χ2n) is 6.50. The normalized spacial score (nSPS) is 16.6. The van der Waals surface area contributed by atoms with Crippen molar-refractivity contribution in [1.82, 2.24) is 9.97 Å². The number of ketones is 1. The van der Waals surface area contributed by atoms with Crippen molar-refractivity contribution in [3.8, 4) is 0 Å². The van der Waals surface area contributed by atoms with E-state index in [0.717, 1.165) is 24.1 Å². The van der Waals surface area contributed by atoms with Crippen LogP contribution in [-0.4, -0.2) is 21.7 Å². The van der Waals surface area contributed by atoms with Crippen LogP contribution >= 0.6 is 0 Å². The van der Waals surface area contributed by atoms with Crippen molar-refractivity contribution in [2.75, 3.05) is 5.32 Å². The zero-order chi connectivity index (χ0) is 17.8. The molecule has 0 fully saturated rings. The molecule has 1 N–H and O–H groups in total. The second-order valence-corrected chi connectivity index (χ2v) is 6.50. The highest BCUT2D eigenvalue weighted by Crippen LogP contribution is 2.31. The third kappa shape index (κ3) is 3.76. The van der Waals surface area contributed by atoms with E-state index in [4.69, 9.17) is 0 Å². The predicted octanol–water partition coefficient (Wildman–Crippen LogP) is 3.76. The van der Waals surface area contributed by atoms with Gasteiger partial charge in [0.25, 0.3) is 0 Å². The summed E-state index contributed by atoms with van der Waals surface area (Å²) in [5.41, 5.74) is 2.44. The van der Waals surface area contributed by atoms with Gasteiger partial charge in [0, 0.05) is 18.5 Å². The van der Waals surface area contributed by atoms with Gasteiger partial charge in [0.2, 0.25) is 11.9 Å². The fourth-order valence-corrected chi connectivity index (χ4v) is 3.34. The third-order valence-electron chi connectivity index (χ3n) is 4.90. The molecule has 2 aromatic rings. The van der Waals surface area contributed by atoms with Gasteiger partial charge in [-0.25, -0.2) is 9.97 Å². The number of hydrogen-bond acceptors (Lipinski definition) is 4. The van der Waals surface area contributed by atoms with Crippen LogP contribution in [0.1, 0.15) is 60.6 Å². The summed E-state index contributed by atoms with van der Waals surface area (Å²) in [6.45, 7) is 3.98. The van der Waals surface area contributed by atoms with Crippen molar-refractivity contribution in [2.24, 2.45) is 5.92 Å². The van der Waals surface area contributed by atoms with Crippen LogP contribution in [-0.2, 0) is 11.2 Å². The number of nitrogens with zero attached hydrogens (tertiary/aromatic N) is 2. The summed E-state index contributed by atoms with van der Waals surface area (Å²) in [6, 6.07) is 10.0. The predicted molar refractivity (Wildman–Crippen MR) is 96.6 cm³/mol.